The molecule has 0 aromatic carbocycles. The van der Waals surface area contributed by atoms with Crippen LogP contribution in [0.2, 0.25) is 5.15 Å². The van der Waals surface area contributed by atoms with Crippen LogP contribution in [0.4, 0.5) is 5.13 Å². The Morgan fingerprint density at radius 3 is 2.81 bits per heavy atom. The van der Waals surface area contributed by atoms with E-state index in [0.717, 1.165) is 11.0 Å². The maximum absolute atomic E-state index is 5.83. The number of hydrogen-bond acceptors (Lipinski definition) is 3. The van der Waals surface area contributed by atoms with Gasteiger partial charge >= 0.3 is 0 Å². The van der Waals surface area contributed by atoms with E-state index in [1.54, 1.807) is 11.3 Å². The maximum atomic E-state index is 5.83. The smallest absolute Gasteiger partial charge is 0.184 e. The van der Waals surface area contributed by atoms with Gasteiger partial charge in [-0.05, 0) is 25.2 Å². The lowest BCUT2D eigenvalue weighted by atomic mass is 9.83. The molecule has 0 saturated heterocycles. The zero-order valence-corrected chi connectivity index (χ0v) is 11.3. The zero-order valence-electron chi connectivity index (χ0n) is 9.71. The summed E-state index contributed by atoms with van der Waals surface area (Å²) in [5.41, 5.74) is 0. The van der Waals surface area contributed by atoms with E-state index in [0.29, 0.717) is 11.2 Å². The summed E-state index contributed by atoms with van der Waals surface area (Å²) in [7, 11) is 0. The van der Waals surface area contributed by atoms with E-state index < -0.39 is 0 Å². The third-order valence-electron chi connectivity index (χ3n) is 3.44. The van der Waals surface area contributed by atoms with Gasteiger partial charge in [-0.1, -0.05) is 37.8 Å². The fraction of sp³-hybridized carbons (Fsp3) is 0.750. The molecule has 1 saturated carbocycles. The van der Waals surface area contributed by atoms with Crippen molar-refractivity contribution in [3.05, 3.63) is 10.5 Å². The molecule has 1 aromatic heterocycles. The van der Waals surface area contributed by atoms with Gasteiger partial charge in [0.2, 0.25) is 0 Å². The molecular formula is C12H19ClN2S. The van der Waals surface area contributed by atoms with Crippen molar-refractivity contribution in [2.75, 3.05) is 5.32 Å². The van der Waals surface area contributed by atoms with E-state index in [2.05, 4.69) is 17.2 Å². The van der Waals surface area contributed by atoms with Crippen molar-refractivity contribution in [1.82, 2.24) is 4.98 Å². The molecule has 1 N–H and O–H groups in total. The summed E-state index contributed by atoms with van der Waals surface area (Å²) >= 11 is 7.44. The molecule has 2 nitrogen and oxygen atoms in total. The number of rotatable bonds is 4. The summed E-state index contributed by atoms with van der Waals surface area (Å²) in [5, 5.41) is 7.01. The molecule has 1 fully saturated rings. The summed E-state index contributed by atoms with van der Waals surface area (Å²) in [5.74, 6) is 0.821. The van der Waals surface area contributed by atoms with E-state index in [1.807, 2.05) is 5.38 Å². The SMILES string of the molecule is CCC(Nc1nc(Cl)cs1)C1CCCCC1. The highest BCUT2D eigenvalue weighted by atomic mass is 35.5. The molecule has 1 unspecified atom stereocenters. The van der Waals surface area contributed by atoms with Crippen molar-refractivity contribution in [2.24, 2.45) is 5.92 Å². The summed E-state index contributed by atoms with van der Waals surface area (Å²) < 4.78 is 0. The van der Waals surface area contributed by atoms with Crippen molar-refractivity contribution >= 4 is 28.1 Å². The fourth-order valence-corrected chi connectivity index (χ4v) is 3.47. The van der Waals surface area contributed by atoms with E-state index in [4.69, 9.17) is 11.6 Å². The van der Waals surface area contributed by atoms with E-state index >= 15 is 0 Å². The molecule has 0 radical (unpaired) electrons. The first-order valence-electron chi connectivity index (χ1n) is 6.17. The number of anilines is 1. The number of halogens is 1. The van der Waals surface area contributed by atoms with Crippen molar-refractivity contribution in [1.29, 1.82) is 0 Å². The van der Waals surface area contributed by atoms with Gasteiger partial charge in [0.1, 0.15) is 5.15 Å². The monoisotopic (exact) mass is 258 g/mol. The lowest BCUT2D eigenvalue weighted by Gasteiger charge is -2.30. The van der Waals surface area contributed by atoms with Crippen LogP contribution in [0.3, 0.4) is 0 Å². The number of aromatic nitrogens is 1. The van der Waals surface area contributed by atoms with Crippen LogP contribution in [-0.4, -0.2) is 11.0 Å². The molecule has 16 heavy (non-hydrogen) atoms. The van der Waals surface area contributed by atoms with E-state index in [-0.39, 0.29) is 0 Å². The van der Waals surface area contributed by atoms with Gasteiger partial charge in [0.25, 0.3) is 0 Å². The van der Waals surface area contributed by atoms with Crippen LogP contribution in [0.25, 0.3) is 0 Å². The Bertz CT molecular complexity index is 321. The molecule has 1 aliphatic rings. The average Bonchev–Trinajstić information content (AvgIpc) is 2.73. The number of nitrogens with zero attached hydrogens (tertiary/aromatic N) is 1. The Balaban J connectivity index is 1.94. The number of hydrogen-bond donors (Lipinski definition) is 1. The van der Waals surface area contributed by atoms with Crippen molar-refractivity contribution in [3.8, 4) is 0 Å². The highest BCUT2D eigenvalue weighted by Crippen LogP contribution is 2.30. The lowest BCUT2D eigenvalue weighted by Crippen LogP contribution is -2.30. The number of nitrogens with one attached hydrogen (secondary N) is 1. The Morgan fingerprint density at radius 1 is 1.50 bits per heavy atom. The third kappa shape index (κ3) is 3.11. The molecule has 2 rings (SSSR count). The molecule has 90 valence electrons. The minimum Gasteiger partial charge on any atom is -0.358 e. The molecule has 0 bridgehead atoms. The minimum absolute atomic E-state index is 0.572. The summed E-state index contributed by atoms with van der Waals surface area (Å²) in [6.07, 6.45) is 8.09. The van der Waals surface area contributed by atoms with Gasteiger partial charge < -0.3 is 5.32 Å². The van der Waals surface area contributed by atoms with Crippen LogP contribution in [0, 0.1) is 5.92 Å². The second kappa shape index (κ2) is 5.87. The standard InChI is InChI=1S/C12H19ClN2S/c1-2-10(9-6-4-3-5-7-9)14-12-15-11(13)8-16-12/h8-10H,2-7H2,1H3,(H,14,15). The summed E-state index contributed by atoms with van der Waals surface area (Å²) in [6, 6.07) is 0.572. The first-order valence-corrected chi connectivity index (χ1v) is 7.43. The van der Waals surface area contributed by atoms with Crippen LogP contribution < -0.4 is 5.32 Å². The summed E-state index contributed by atoms with van der Waals surface area (Å²) in [4.78, 5) is 4.27. The molecule has 4 heteroatoms. The fourth-order valence-electron chi connectivity index (χ4n) is 2.57. The Morgan fingerprint density at radius 2 is 2.25 bits per heavy atom. The molecule has 0 amide bonds. The quantitative estimate of drug-likeness (QED) is 0.856. The van der Waals surface area contributed by atoms with Crippen LogP contribution in [-0.2, 0) is 0 Å². The van der Waals surface area contributed by atoms with Gasteiger partial charge in [-0.25, -0.2) is 4.98 Å². The Labute approximate surface area is 106 Å². The molecule has 1 heterocycles. The van der Waals surface area contributed by atoms with E-state index in [1.165, 1.54) is 38.5 Å². The average molecular weight is 259 g/mol. The van der Waals surface area contributed by atoms with Crippen molar-refractivity contribution in [3.63, 3.8) is 0 Å². The second-order valence-electron chi connectivity index (χ2n) is 4.53. The van der Waals surface area contributed by atoms with Gasteiger partial charge in [0.15, 0.2) is 5.13 Å². The topological polar surface area (TPSA) is 24.9 Å². The number of thiazole rings is 1. The highest BCUT2D eigenvalue weighted by Gasteiger charge is 2.22. The maximum Gasteiger partial charge on any atom is 0.184 e. The van der Waals surface area contributed by atoms with Gasteiger partial charge in [0, 0.05) is 11.4 Å². The van der Waals surface area contributed by atoms with Crippen LogP contribution in [0.15, 0.2) is 5.38 Å². The normalized spacial score (nSPS) is 19.6. The van der Waals surface area contributed by atoms with Crippen LogP contribution >= 0.6 is 22.9 Å². The Hall–Kier alpha value is -0.280. The molecule has 0 spiro atoms. The highest BCUT2D eigenvalue weighted by molar-refractivity contribution is 7.14. The predicted molar refractivity (Wildman–Crippen MR) is 71.4 cm³/mol. The largest absolute Gasteiger partial charge is 0.358 e. The van der Waals surface area contributed by atoms with Crippen LogP contribution in [0.1, 0.15) is 45.4 Å². The van der Waals surface area contributed by atoms with E-state index in [9.17, 15) is 0 Å². The van der Waals surface area contributed by atoms with Gasteiger partial charge in [0.05, 0.1) is 0 Å². The van der Waals surface area contributed by atoms with Crippen molar-refractivity contribution < 1.29 is 0 Å². The second-order valence-corrected chi connectivity index (χ2v) is 5.78. The lowest BCUT2D eigenvalue weighted by molar-refractivity contribution is 0.313. The van der Waals surface area contributed by atoms with Gasteiger partial charge in [-0.15, -0.1) is 11.3 Å². The first-order chi connectivity index (χ1) is 7.79. The zero-order chi connectivity index (χ0) is 11.4. The van der Waals surface area contributed by atoms with Crippen molar-refractivity contribution in [2.45, 2.75) is 51.5 Å². The van der Waals surface area contributed by atoms with Gasteiger partial charge in [-0.3, -0.25) is 0 Å². The molecule has 1 aliphatic carbocycles. The predicted octanol–water partition coefficient (Wildman–Crippen LogP) is 4.57. The molecular weight excluding hydrogens is 240 g/mol. The van der Waals surface area contributed by atoms with Gasteiger partial charge in [-0.2, -0.15) is 0 Å². The van der Waals surface area contributed by atoms with Crippen LogP contribution in [0.5, 0.6) is 0 Å². The minimum atomic E-state index is 0.572. The first kappa shape index (κ1) is 12.2. The third-order valence-corrected chi connectivity index (χ3v) is 4.54. The molecule has 0 aliphatic heterocycles. The molecule has 1 aromatic rings. The molecule has 1 atom stereocenters. The Kier molecular flexibility index (Phi) is 4.47. The summed E-state index contributed by atoms with van der Waals surface area (Å²) in [6.45, 7) is 2.25.